The van der Waals surface area contributed by atoms with Crippen molar-refractivity contribution in [2.75, 3.05) is 40.5 Å². The number of aryl methyl sites for hydroxylation is 1. The molecule has 134 valence electrons. The Labute approximate surface area is 142 Å². The minimum Gasteiger partial charge on any atom is -0.493 e. The summed E-state index contributed by atoms with van der Waals surface area (Å²) in [5, 5.41) is 0. The zero-order valence-corrected chi connectivity index (χ0v) is 14.3. The summed E-state index contributed by atoms with van der Waals surface area (Å²) in [7, 11) is 3.40. The van der Waals surface area contributed by atoms with Crippen molar-refractivity contribution in [3.05, 3.63) is 29.8 Å². The van der Waals surface area contributed by atoms with Gasteiger partial charge in [-0.2, -0.15) is 0 Å². The maximum absolute atomic E-state index is 11.9. The molecule has 1 aromatic rings. The van der Waals surface area contributed by atoms with Crippen LogP contribution in [0.5, 0.6) is 5.75 Å². The summed E-state index contributed by atoms with van der Waals surface area (Å²) in [5.41, 5.74) is 5.94. The maximum Gasteiger partial charge on any atom is 0.404 e. The lowest BCUT2D eigenvalue weighted by molar-refractivity contribution is -0.130. The molecule has 0 saturated heterocycles. The fraction of sp³-hybridized carbons (Fsp3) is 0.529. The van der Waals surface area contributed by atoms with E-state index in [0.717, 1.165) is 11.3 Å². The highest BCUT2D eigenvalue weighted by molar-refractivity contribution is 5.76. The van der Waals surface area contributed by atoms with Crippen molar-refractivity contribution in [3.8, 4) is 5.75 Å². The molecule has 0 aromatic heterocycles. The molecule has 0 aliphatic rings. The Morgan fingerprint density at radius 3 is 2.46 bits per heavy atom. The summed E-state index contributed by atoms with van der Waals surface area (Å²) >= 11 is 0. The highest BCUT2D eigenvalue weighted by atomic mass is 16.5. The molecule has 0 aliphatic carbocycles. The zero-order chi connectivity index (χ0) is 17.8. The Morgan fingerprint density at radius 2 is 1.83 bits per heavy atom. The maximum atomic E-state index is 11.9. The quantitative estimate of drug-likeness (QED) is 0.619. The van der Waals surface area contributed by atoms with E-state index in [1.807, 2.05) is 24.3 Å². The van der Waals surface area contributed by atoms with Crippen molar-refractivity contribution in [1.29, 1.82) is 0 Å². The molecule has 0 unspecified atom stereocenters. The van der Waals surface area contributed by atoms with Crippen molar-refractivity contribution in [3.63, 3.8) is 0 Å². The van der Waals surface area contributed by atoms with Crippen LogP contribution in [-0.4, -0.2) is 57.4 Å². The first-order valence-electron chi connectivity index (χ1n) is 7.89. The molecule has 0 atom stereocenters. The molecular weight excluding hydrogens is 312 g/mol. The fourth-order valence-corrected chi connectivity index (χ4v) is 1.97. The number of amides is 2. The first kappa shape index (κ1) is 19.8. The van der Waals surface area contributed by atoms with Crippen LogP contribution >= 0.6 is 0 Å². The van der Waals surface area contributed by atoms with Gasteiger partial charge in [0.2, 0.25) is 5.91 Å². The number of likely N-dealkylation sites (N-methyl/N-ethyl adjacent to an activating group) is 1. The van der Waals surface area contributed by atoms with Gasteiger partial charge in [0.1, 0.15) is 5.75 Å². The van der Waals surface area contributed by atoms with Crippen LogP contribution in [0.1, 0.15) is 18.4 Å². The van der Waals surface area contributed by atoms with Gasteiger partial charge in [0, 0.05) is 33.5 Å². The summed E-state index contributed by atoms with van der Waals surface area (Å²) in [6, 6.07) is 7.61. The van der Waals surface area contributed by atoms with Gasteiger partial charge in [-0.3, -0.25) is 4.79 Å². The van der Waals surface area contributed by atoms with Gasteiger partial charge < -0.3 is 24.8 Å². The lowest BCUT2D eigenvalue weighted by Gasteiger charge is -2.16. The Bertz CT molecular complexity index is 504. The van der Waals surface area contributed by atoms with Crippen LogP contribution in [0, 0.1) is 0 Å². The Morgan fingerprint density at radius 1 is 1.12 bits per heavy atom. The number of nitrogens with two attached hydrogens (primary N) is 1. The topological polar surface area (TPSA) is 91.1 Å². The number of carbonyl (C=O) groups is 2. The molecular formula is C17H26N2O5. The molecule has 1 rings (SSSR count). The van der Waals surface area contributed by atoms with Crippen LogP contribution in [-0.2, 0) is 20.7 Å². The van der Waals surface area contributed by atoms with E-state index in [1.54, 1.807) is 19.1 Å². The molecule has 0 fully saturated rings. The average molecular weight is 338 g/mol. The summed E-state index contributed by atoms with van der Waals surface area (Å²) < 4.78 is 15.1. The van der Waals surface area contributed by atoms with Crippen molar-refractivity contribution in [2.24, 2.45) is 5.73 Å². The SMILES string of the molecule is COCCN(C)C(=O)CCc1ccc(OCCCOC(N)=O)cc1. The molecule has 0 spiro atoms. The van der Waals surface area contributed by atoms with Crippen molar-refractivity contribution in [2.45, 2.75) is 19.3 Å². The van der Waals surface area contributed by atoms with E-state index in [1.165, 1.54) is 0 Å². The van der Waals surface area contributed by atoms with Gasteiger partial charge in [0.25, 0.3) is 0 Å². The zero-order valence-electron chi connectivity index (χ0n) is 14.3. The number of ether oxygens (including phenoxy) is 3. The third kappa shape index (κ3) is 8.38. The first-order chi connectivity index (χ1) is 11.5. The number of primary amides is 1. The highest BCUT2D eigenvalue weighted by Gasteiger charge is 2.08. The fourth-order valence-electron chi connectivity index (χ4n) is 1.97. The molecule has 0 radical (unpaired) electrons. The molecule has 2 N–H and O–H groups in total. The molecule has 0 saturated carbocycles. The number of hydrogen-bond donors (Lipinski definition) is 1. The molecule has 0 aliphatic heterocycles. The molecule has 2 amide bonds. The summed E-state index contributed by atoms with van der Waals surface area (Å²) in [6.45, 7) is 1.82. The molecule has 7 nitrogen and oxygen atoms in total. The third-order valence-electron chi connectivity index (χ3n) is 3.41. The van der Waals surface area contributed by atoms with Crippen LogP contribution in [0.25, 0.3) is 0 Å². The van der Waals surface area contributed by atoms with Crippen LogP contribution in [0.3, 0.4) is 0 Å². The van der Waals surface area contributed by atoms with Crippen molar-refractivity contribution in [1.82, 2.24) is 4.90 Å². The normalized spacial score (nSPS) is 10.2. The summed E-state index contributed by atoms with van der Waals surface area (Å²) in [4.78, 5) is 24.0. The van der Waals surface area contributed by atoms with E-state index in [0.29, 0.717) is 39.0 Å². The lowest BCUT2D eigenvalue weighted by Crippen LogP contribution is -2.30. The highest BCUT2D eigenvalue weighted by Crippen LogP contribution is 2.14. The molecule has 1 aromatic carbocycles. The van der Waals surface area contributed by atoms with Gasteiger partial charge in [-0.05, 0) is 24.1 Å². The Balaban J connectivity index is 2.26. The number of benzene rings is 1. The number of carbonyl (C=O) groups excluding carboxylic acids is 2. The predicted octanol–water partition coefficient (Wildman–Crippen LogP) is 1.59. The van der Waals surface area contributed by atoms with E-state index in [-0.39, 0.29) is 12.5 Å². The van der Waals surface area contributed by atoms with Gasteiger partial charge in [-0.1, -0.05) is 12.1 Å². The standard InChI is InChI=1S/C17H26N2O5/c1-19(10-13-22-2)16(20)9-6-14-4-7-15(8-5-14)23-11-3-12-24-17(18)21/h4-5,7-8H,3,6,9-13H2,1-2H3,(H2,18,21). The van der Waals surface area contributed by atoms with Gasteiger partial charge >= 0.3 is 6.09 Å². The lowest BCUT2D eigenvalue weighted by atomic mass is 10.1. The van der Waals surface area contributed by atoms with Gasteiger partial charge in [0.05, 0.1) is 19.8 Å². The molecule has 0 heterocycles. The van der Waals surface area contributed by atoms with Crippen molar-refractivity contribution < 1.29 is 23.8 Å². The average Bonchev–Trinajstić information content (AvgIpc) is 2.58. The van der Waals surface area contributed by atoms with Gasteiger partial charge in [-0.15, -0.1) is 0 Å². The monoisotopic (exact) mass is 338 g/mol. The Kier molecular flexibility index (Phi) is 9.29. The molecule has 0 bridgehead atoms. The second-order valence-electron chi connectivity index (χ2n) is 5.32. The van der Waals surface area contributed by atoms with Crippen LogP contribution in [0.4, 0.5) is 4.79 Å². The second kappa shape index (κ2) is 11.3. The van der Waals surface area contributed by atoms with Crippen LogP contribution in [0.2, 0.25) is 0 Å². The van der Waals surface area contributed by atoms with E-state index in [9.17, 15) is 9.59 Å². The minimum atomic E-state index is -0.776. The van der Waals surface area contributed by atoms with Gasteiger partial charge in [-0.25, -0.2) is 4.79 Å². The third-order valence-corrected chi connectivity index (χ3v) is 3.41. The summed E-state index contributed by atoms with van der Waals surface area (Å²) in [6.07, 6.45) is 0.947. The minimum absolute atomic E-state index is 0.0989. The first-order valence-corrected chi connectivity index (χ1v) is 7.89. The van der Waals surface area contributed by atoms with Crippen LogP contribution < -0.4 is 10.5 Å². The molecule has 7 heteroatoms. The van der Waals surface area contributed by atoms with E-state index in [4.69, 9.17) is 15.2 Å². The number of hydrogen-bond acceptors (Lipinski definition) is 5. The largest absolute Gasteiger partial charge is 0.493 e. The number of methoxy groups -OCH3 is 1. The smallest absolute Gasteiger partial charge is 0.404 e. The van der Waals surface area contributed by atoms with Gasteiger partial charge in [0.15, 0.2) is 0 Å². The number of nitrogens with zero attached hydrogens (tertiary/aromatic N) is 1. The number of rotatable bonds is 11. The van der Waals surface area contributed by atoms with E-state index < -0.39 is 6.09 Å². The van der Waals surface area contributed by atoms with Crippen LogP contribution in [0.15, 0.2) is 24.3 Å². The summed E-state index contributed by atoms with van der Waals surface area (Å²) in [5.74, 6) is 0.836. The Hall–Kier alpha value is -2.28. The predicted molar refractivity (Wildman–Crippen MR) is 89.9 cm³/mol. The molecule has 24 heavy (non-hydrogen) atoms. The van der Waals surface area contributed by atoms with E-state index in [2.05, 4.69) is 4.74 Å². The van der Waals surface area contributed by atoms with Crippen molar-refractivity contribution >= 4 is 12.0 Å². The second-order valence-corrected chi connectivity index (χ2v) is 5.32. The van der Waals surface area contributed by atoms with E-state index >= 15 is 0 Å².